The van der Waals surface area contributed by atoms with E-state index >= 15 is 0 Å². The smallest absolute Gasteiger partial charge is 0.337 e. The molecule has 0 unspecified atom stereocenters. The lowest BCUT2D eigenvalue weighted by Crippen LogP contribution is -2.16. The number of anilines is 1. The summed E-state index contributed by atoms with van der Waals surface area (Å²) in [5.74, 6) is -0.556. The number of hydrogen-bond acceptors (Lipinski definition) is 3. The van der Waals surface area contributed by atoms with Crippen LogP contribution in [0.5, 0.6) is 0 Å². The second-order valence-electron chi connectivity index (χ2n) is 4.93. The van der Waals surface area contributed by atoms with Crippen molar-refractivity contribution in [3.05, 3.63) is 22.8 Å². The van der Waals surface area contributed by atoms with Crippen LogP contribution in [0, 0.1) is 5.41 Å². The predicted molar refractivity (Wildman–Crippen MR) is 71.3 cm³/mol. The molecule has 0 spiro atoms. The number of carboxylic acid groups (broad SMARTS) is 1. The second-order valence-corrected chi connectivity index (χ2v) is 5.31. The molecule has 1 heterocycles. The number of carboxylic acids is 1. The molecule has 0 amide bonds. The Morgan fingerprint density at radius 3 is 2.89 bits per heavy atom. The molecular weight excluding hydrogens is 252 g/mol. The number of pyridine rings is 1. The van der Waals surface area contributed by atoms with Gasteiger partial charge in [-0.3, -0.25) is 0 Å². The molecule has 1 aliphatic rings. The lowest BCUT2D eigenvalue weighted by molar-refractivity contribution is 0.0697. The highest BCUT2D eigenvalue weighted by atomic mass is 35.5. The molecule has 0 bridgehead atoms. The molecule has 0 aromatic carbocycles. The van der Waals surface area contributed by atoms with Crippen molar-refractivity contribution in [2.75, 3.05) is 11.9 Å². The maximum atomic E-state index is 10.9. The quantitative estimate of drug-likeness (QED) is 0.830. The average Bonchev–Trinajstić information content (AvgIpc) is 3.08. The van der Waals surface area contributed by atoms with Crippen LogP contribution < -0.4 is 5.32 Å². The Kier molecular flexibility index (Phi) is 3.76. The highest BCUT2D eigenvalue weighted by Gasteiger charge is 2.41. The molecule has 0 saturated heterocycles. The Balaban J connectivity index is 2.06. The molecule has 98 valence electrons. The monoisotopic (exact) mass is 268 g/mol. The number of nitrogens with one attached hydrogen (secondary N) is 1. The van der Waals surface area contributed by atoms with Gasteiger partial charge in [-0.05, 0) is 30.7 Å². The van der Waals surface area contributed by atoms with Gasteiger partial charge in [0.15, 0.2) is 0 Å². The molecule has 5 heteroatoms. The van der Waals surface area contributed by atoms with Crippen LogP contribution in [0.25, 0.3) is 0 Å². The van der Waals surface area contributed by atoms with Crippen LogP contribution in [-0.2, 0) is 0 Å². The van der Waals surface area contributed by atoms with Gasteiger partial charge in [-0.2, -0.15) is 0 Å². The molecule has 1 aliphatic carbocycles. The van der Waals surface area contributed by atoms with E-state index in [1.165, 1.54) is 31.5 Å². The number of hydrogen-bond donors (Lipinski definition) is 2. The summed E-state index contributed by atoms with van der Waals surface area (Å²) >= 11 is 6.02. The fourth-order valence-corrected chi connectivity index (χ4v) is 2.49. The zero-order chi connectivity index (χ0) is 13.2. The van der Waals surface area contributed by atoms with Gasteiger partial charge in [-0.25, -0.2) is 9.78 Å². The van der Waals surface area contributed by atoms with E-state index in [0.717, 1.165) is 13.0 Å². The van der Waals surface area contributed by atoms with E-state index in [4.69, 9.17) is 16.7 Å². The lowest BCUT2D eigenvalue weighted by atomic mass is 10.0. The maximum absolute atomic E-state index is 10.9. The van der Waals surface area contributed by atoms with Gasteiger partial charge in [0, 0.05) is 12.7 Å². The summed E-state index contributed by atoms with van der Waals surface area (Å²) in [6.07, 6.45) is 6.28. The van der Waals surface area contributed by atoms with Crippen molar-refractivity contribution in [3.8, 4) is 0 Å². The van der Waals surface area contributed by atoms with Crippen LogP contribution in [0.3, 0.4) is 0 Å². The van der Waals surface area contributed by atoms with Crippen molar-refractivity contribution in [2.24, 2.45) is 5.41 Å². The van der Waals surface area contributed by atoms with E-state index in [-0.39, 0.29) is 10.6 Å². The van der Waals surface area contributed by atoms with Gasteiger partial charge in [0.25, 0.3) is 0 Å². The van der Waals surface area contributed by atoms with Gasteiger partial charge in [-0.15, -0.1) is 0 Å². The fourth-order valence-electron chi connectivity index (χ4n) is 2.23. The standard InChI is InChI=1S/C13H17ClN2O2/c1-2-4-13(5-6-13)8-16-11-10(14)9(12(17)18)3-7-15-11/h3,7H,2,4-6,8H2,1H3,(H,15,16)(H,17,18). The van der Waals surface area contributed by atoms with E-state index in [0.29, 0.717) is 11.2 Å². The minimum absolute atomic E-state index is 0.0921. The van der Waals surface area contributed by atoms with Gasteiger partial charge < -0.3 is 10.4 Å². The van der Waals surface area contributed by atoms with E-state index in [1.807, 2.05) is 0 Å². The molecular formula is C13H17ClN2O2. The summed E-state index contributed by atoms with van der Waals surface area (Å²) in [7, 11) is 0. The van der Waals surface area contributed by atoms with Gasteiger partial charge in [-0.1, -0.05) is 24.9 Å². The summed E-state index contributed by atoms with van der Waals surface area (Å²) < 4.78 is 0. The van der Waals surface area contributed by atoms with Crippen molar-refractivity contribution in [3.63, 3.8) is 0 Å². The lowest BCUT2D eigenvalue weighted by Gasteiger charge is -2.16. The van der Waals surface area contributed by atoms with Crippen LogP contribution in [0.4, 0.5) is 5.82 Å². The number of carbonyl (C=O) groups is 1. The maximum Gasteiger partial charge on any atom is 0.337 e. The summed E-state index contributed by atoms with van der Waals surface area (Å²) in [4.78, 5) is 15.1. The largest absolute Gasteiger partial charge is 0.478 e. The highest BCUT2D eigenvalue weighted by Crippen LogP contribution is 2.49. The third-order valence-corrected chi connectivity index (χ3v) is 3.87. The second kappa shape index (κ2) is 5.14. The van der Waals surface area contributed by atoms with Gasteiger partial charge >= 0.3 is 5.97 Å². The zero-order valence-electron chi connectivity index (χ0n) is 10.4. The fraction of sp³-hybridized carbons (Fsp3) is 0.538. The van der Waals surface area contributed by atoms with Crippen molar-refractivity contribution in [2.45, 2.75) is 32.6 Å². The molecule has 1 aromatic rings. The first-order chi connectivity index (χ1) is 8.58. The number of aromatic nitrogens is 1. The molecule has 18 heavy (non-hydrogen) atoms. The molecule has 0 atom stereocenters. The van der Waals surface area contributed by atoms with E-state index in [9.17, 15) is 4.79 Å². The highest BCUT2D eigenvalue weighted by molar-refractivity contribution is 6.35. The van der Waals surface area contributed by atoms with E-state index in [1.54, 1.807) is 0 Å². The van der Waals surface area contributed by atoms with Gasteiger partial charge in [0.05, 0.1) is 10.6 Å². The zero-order valence-corrected chi connectivity index (χ0v) is 11.1. The number of nitrogens with zero attached hydrogens (tertiary/aromatic N) is 1. The van der Waals surface area contributed by atoms with Crippen LogP contribution in [0.15, 0.2) is 12.3 Å². The summed E-state index contributed by atoms with van der Waals surface area (Å²) in [5, 5.41) is 12.4. The predicted octanol–water partition coefficient (Wildman–Crippen LogP) is 3.43. The van der Waals surface area contributed by atoms with Crippen LogP contribution >= 0.6 is 11.6 Å². The Hall–Kier alpha value is -1.29. The first-order valence-corrected chi connectivity index (χ1v) is 6.57. The normalized spacial score (nSPS) is 16.3. The summed E-state index contributed by atoms with van der Waals surface area (Å²) in [6.45, 7) is 2.99. The molecule has 0 radical (unpaired) electrons. The van der Waals surface area contributed by atoms with Crippen molar-refractivity contribution in [1.29, 1.82) is 0 Å². The Bertz CT molecular complexity index is 458. The van der Waals surface area contributed by atoms with Gasteiger partial charge in [0.1, 0.15) is 5.82 Å². The Morgan fingerprint density at radius 1 is 1.61 bits per heavy atom. The molecule has 1 saturated carbocycles. The van der Waals surface area contributed by atoms with Crippen LogP contribution in [-0.4, -0.2) is 22.6 Å². The van der Waals surface area contributed by atoms with E-state index < -0.39 is 5.97 Å². The van der Waals surface area contributed by atoms with Crippen LogP contribution in [0.1, 0.15) is 43.0 Å². The molecule has 2 rings (SSSR count). The third-order valence-electron chi connectivity index (χ3n) is 3.49. The summed E-state index contributed by atoms with van der Waals surface area (Å²) in [6, 6.07) is 1.41. The van der Waals surface area contributed by atoms with Crippen molar-refractivity contribution in [1.82, 2.24) is 4.98 Å². The number of halogens is 1. The number of aromatic carboxylic acids is 1. The Morgan fingerprint density at radius 2 is 2.33 bits per heavy atom. The Labute approximate surface area is 111 Å². The first kappa shape index (κ1) is 13.1. The van der Waals surface area contributed by atoms with Crippen LogP contribution in [0.2, 0.25) is 5.02 Å². The van der Waals surface area contributed by atoms with Gasteiger partial charge in [0.2, 0.25) is 0 Å². The molecule has 0 aliphatic heterocycles. The molecule has 4 nitrogen and oxygen atoms in total. The third kappa shape index (κ3) is 2.75. The van der Waals surface area contributed by atoms with E-state index in [2.05, 4.69) is 17.2 Å². The molecule has 1 aromatic heterocycles. The SMILES string of the molecule is CCCC1(CNc2nccc(C(=O)O)c2Cl)CC1. The molecule has 1 fully saturated rings. The topological polar surface area (TPSA) is 62.2 Å². The van der Waals surface area contributed by atoms with Crippen molar-refractivity contribution >= 4 is 23.4 Å². The minimum Gasteiger partial charge on any atom is -0.478 e. The van der Waals surface area contributed by atoms with Crippen molar-refractivity contribution < 1.29 is 9.90 Å². The molecule has 2 N–H and O–H groups in total. The number of rotatable bonds is 6. The minimum atomic E-state index is -1.03. The first-order valence-electron chi connectivity index (χ1n) is 6.20. The average molecular weight is 269 g/mol. The summed E-state index contributed by atoms with van der Waals surface area (Å²) in [5.41, 5.74) is 0.466.